The van der Waals surface area contributed by atoms with Gasteiger partial charge >= 0.3 is 0 Å². The summed E-state index contributed by atoms with van der Waals surface area (Å²) in [6.07, 6.45) is 0.111. The van der Waals surface area contributed by atoms with Crippen LogP contribution in [0.4, 0.5) is 0 Å². The highest BCUT2D eigenvalue weighted by Crippen LogP contribution is 1.83. The van der Waals surface area contributed by atoms with Crippen molar-refractivity contribution in [3.8, 4) is 0 Å². The van der Waals surface area contributed by atoms with E-state index in [1.54, 1.807) is 0 Å². The monoisotopic (exact) mass is 118 g/mol. The maximum absolute atomic E-state index is 10.1. The molecule has 0 aromatic carbocycles. The predicted octanol–water partition coefficient (Wildman–Crippen LogP) is 0.155. The standard InChI is InChI=1S/C4H8NO3/c1-4(6)2-3-5(7)8/h7H,2-3H2,1H3/q-1. The van der Waals surface area contributed by atoms with Gasteiger partial charge in [0.25, 0.3) is 0 Å². The second-order valence-electron chi connectivity index (χ2n) is 1.53. The number of rotatable bonds is 3. The van der Waals surface area contributed by atoms with Gasteiger partial charge in [0.05, 0.1) is 0 Å². The third-order valence-electron chi connectivity index (χ3n) is 0.655. The Morgan fingerprint density at radius 1 is 1.88 bits per heavy atom. The van der Waals surface area contributed by atoms with Gasteiger partial charge < -0.3 is 10.4 Å². The molecule has 0 saturated carbocycles. The van der Waals surface area contributed by atoms with Crippen LogP contribution in [0, 0.1) is 5.21 Å². The first kappa shape index (κ1) is 7.55. The molecule has 0 rings (SSSR count). The molecule has 0 amide bonds. The van der Waals surface area contributed by atoms with Gasteiger partial charge in [0.1, 0.15) is 5.78 Å². The molecule has 0 bridgehead atoms. The smallest absolute Gasteiger partial charge is 0.131 e. The number of carbonyl (C=O) groups is 1. The molecule has 4 nitrogen and oxygen atoms in total. The topological polar surface area (TPSA) is 63.6 Å². The van der Waals surface area contributed by atoms with Crippen LogP contribution in [0.1, 0.15) is 13.3 Å². The molecule has 0 heterocycles. The summed E-state index contributed by atoms with van der Waals surface area (Å²) in [6, 6.07) is 0. The Bertz CT molecular complexity index is 81.4. The van der Waals surface area contributed by atoms with Gasteiger partial charge in [-0.2, -0.15) is 0 Å². The van der Waals surface area contributed by atoms with Crippen molar-refractivity contribution >= 4 is 5.78 Å². The van der Waals surface area contributed by atoms with Gasteiger partial charge in [-0.05, 0) is 6.92 Å². The van der Waals surface area contributed by atoms with E-state index < -0.39 is 0 Å². The SMILES string of the molecule is CC(=O)CCN([O-])O. The highest BCUT2D eigenvalue weighted by molar-refractivity contribution is 5.75. The highest BCUT2D eigenvalue weighted by atomic mass is 16.8. The average Bonchev–Trinajstić information content (AvgIpc) is 1.61. The van der Waals surface area contributed by atoms with Crippen molar-refractivity contribution in [1.82, 2.24) is 5.23 Å². The van der Waals surface area contributed by atoms with Crippen molar-refractivity contribution < 1.29 is 10.0 Å². The van der Waals surface area contributed by atoms with E-state index in [1.165, 1.54) is 6.92 Å². The van der Waals surface area contributed by atoms with Crippen molar-refractivity contribution in [2.45, 2.75) is 13.3 Å². The fourth-order valence-electron chi connectivity index (χ4n) is 0.253. The Hall–Kier alpha value is -0.450. The van der Waals surface area contributed by atoms with Crippen LogP contribution < -0.4 is 0 Å². The summed E-state index contributed by atoms with van der Waals surface area (Å²) in [4.78, 5) is 10.1. The fourth-order valence-corrected chi connectivity index (χ4v) is 0.253. The minimum Gasteiger partial charge on any atom is -0.762 e. The van der Waals surface area contributed by atoms with Crippen molar-refractivity contribution in [1.29, 1.82) is 0 Å². The van der Waals surface area contributed by atoms with Crippen LogP contribution in [0.15, 0.2) is 0 Å². The number of hydrogen-bond donors (Lipinski definition) is 1. The molecule has 0 unspecified atom stereocenters. The Morgan fingerprint density at radius 3 is 2.50 bits per heavy atom. The van der Waals surface area contributed by atoms with E-state index in [0.29, 0.717) is 0 Å². The molecule has 0 aliphatic carbocycles. The minimum atomic E-state index is -0.249. The molecule has 0 atom stereocenters. The number of hydroxylamine groups is 2. The number of hydrogen-bond acceptors (Lipinski definition) is 4. The van der Waals surface area contributed by atoms with Crippen LogP contribution in [0.5, 0.6) is 0 Å². The van der Waals surface area contributed by atoms with E-state index in [0.717, 1.165) is 0 Å². The predicted molar refractivity (Wildman–Crippen MR) is 27.2 cm³/mol. The molecule has 0 aliphatic rings. The van der Waals surface area contributed by atoms with Crippen LogP contribution in [0.2, 0.25) is 0 Å². The molecule has 0 aromatic heterocycles. The lowest BCUT2D eigenvalue weighted by Crippen LogP contribution is -2.13. The summed E-state index contributed by atoms with van der Waals surface area (Å²) in [5.74, 6) is -0.0973. The first-order valence-corrected chi connectivity index (χ1v) is 2.26. The number of ketones is 1. The second kappa shape index (κ2) is 3.54. The molecular weight excluding hydrogens is 110 g/mol. The van der Waals surface area contributed by atoms with E-state index in [4.69, 9.17) is 5.21 Å². The lowest BCUT2D eigenvalue weighted by atomic mass is 10.3. The lowest BCUT2D eigenvalue weighted by molar-refractivity contribution is -0.119. The molecule has 0 spiro atoms. The molecule has 0 radical (unpaired) electrons. The maximum atomic E-state index is 10.1. The molecule has 4 heteroatoms. The third-order valence-corrected chi connectivity index (χ3v) is 0.655. The molecule has 8 heavy (non-hydrogen) atoms. The molecule has 1 N–H and O–H groups in total. The Kier molecular flexibility index (Phi) is 3.34. The van der Waals surface area contributed by atoms with Crippen molar-refractivity contribution in [3.63, 3.8) is 0 Å². The van der Waals surface area contributed by atoms with E-state index >= 15 is 0 Å². The molecule has 48 valence electrons. The normalized spacial score (nSPS) is 10.0. The van der Waals surface area contributed by atoms with E-state index in [9.17, 15) is 10.0 Å². The van der Waals surface area contributed by atoms with Gasteiger partial charge in [-0.25, -0.2) is 0 Å². The molecule has 0 aliphatic heterocycles. The van der Waals surface area contributed by atoms with Crippen LogP contribution in [-0.2, 0) is 4.79 Å². The second-order valence-corrected chi connectivity index (χ2v) is 1.53. The number of nitrogens with zero attached hydrogens (tertiary/aromatic N) is 1. The van der Waals surface area contributed by atoms with Gasteiger partial charge in [0.2, 0.25) is 0 Å². The molecular formula is C4H8NO3-. The van der Waals surface area contributed by atoms with Gasteiger partial charge in [-0.15, -0.1) is 0 Å². The first-order chi connectivity index (χ1) is 3.63. The average molecular weight is 118 g/mol. The Labute approximate surface area is 47.3 Å². The summed E-state index contributed by atoms with van der Waals surface area (Å²) < 4.78 is 0. The zero-order valence-electron chi connectivity index (χ0n) is 4.63. The van der Waals surface area contributed by atoms with Crippen molar-refractivity contribution in [2.24, 2.45) is 0 Å². The molecule has 0 fully saturated rings. The summed E-state index contributed by atoms with van der Waals surface area (Å²) in [6.45, 7) is 1.23. The first-order valence-electron chi connectivity index (χ1n) is 2.26. The van der Waals surface area contributed by atoms with Gasteiger partial charge in [-0.1, -0.05) is 0 Å². The van der Waals surface area contributed by atoms with E-state index in [1.807, 2.05) is 0 Å². The zero-order valence-corrected chi connectivity index (χ0v) is 4.63. The summed E-state index contributed by atoms with van der Waals surface area (Å²) in [5.41, 5.74) is 0. The van der Waals surface area contributed by atoms with Gasteiger partial charge in [-0.3, -0.25) is 10.0 Å². The summed E-state index contributed by atoms with van der Waals surface area (Å²) >= 11 is 0. The lowest BCUT2D eigenvalue weighted by Gasteiger charge is -2.17. The van der Waals surface area contributed by atoms with Crippen molar-refractivity contribution in [2.75, 3.05) is 6.54 Å². The fraction of sp³-hybridized carbons (Fsp3) is 0.750. The Morgan fingerprint density at radius 2 is 2.38 bits per heavy atom. The summed E-state index contributed by atoms with van der Waals surface area (Å²) in [7, 11) is 0. The van der Waals surface area contributed by atoms with Gasteiger partial charge in [0.15, 0.2) is 0 Å². The minimum absolute atomic E-state index is 0.0973. The Balaban J connectivity index is 3.05. The van der Waals surface area contributed by atoms with Crippen LogP contribution >= 0.6 is 0 Å². The van der Waals surface area contributed by atoms with Gasteiger partial charge in [0, 0.05) is 13.0 Å². The quantitative estimate of drug-likeness (QED) is 0.536. The third kappa shape index (κ3) is 5.55. The maximum Gasteiger partial charge on any atom is 0.131 e. The van der Waals surface area contributed by atoms with Crippen LogP contribution in [0.3, 0.4) is 0 Å². The molecule has 0 aromatic rings. The highest BCUT2D eigenvalue weighted by Gasteiger charge is 1.90. The van der Waals surface area contributed by atoms with E-state index in [2.05, 4.69) is 0 Å². The largest absolute Gasteiger partial charge is 0.762 e. The number of Topliss-reactive ketones (excluding diaryl/α,β-unsaturated/α-hetero) is 1. The van der Waals surface area contributed by atoms with E-state index in [-0.39, 0.29) is 24.0 Å². The van der Waals surface area contributed by atoms with Crippen molar-refractivity contribution in [3.05, 3.63) is 5.21 Å². The van der Waals surface area contributed by atoms with Crippen LogP contribution in [-0.4, -0.2) is 22.8 Å². The number of carbonyl (C=O) groups excluding carboxylic acids is 1. The van der Waals surface area contributed by atoms with Crippen LogP contribution in [0.25, 0.3) is 0 Å². The summed E-state index contributed by atoms with van der Waals surface area (Å²) in [5, 5.41) is 17.3. The zero-order chi connectivity index (χ0) is 6.57. The molecule has 0 saturated heterocycles.